The highest BCUT2D eigenvalue weighted by atomic mass is 32.2. The van der Waals surface area contributed by atoms with Crippen molar-refractivity contribution < 1.29 is 9.90 Å². The van der Waals surface area contributed by atoms with E-state index >= 15 is 0 Å². The molecule has 1 saturated carbocycles. The number of nitrogens with one attached hydrogen (secondary N) is 1. The fourth-order valence-electron chi connectivity index (χ4n) is 3.12. The molecule has 2 atom stereocenters. The predicted molar refractivity (Wildman–Crippen MR) is 79.5 cm³/mol. The van der Waals surface area contributed by atoms with Crippen molar-refractivity contribution in [1.82, 2.24) is 14.9 Å². The number of rotatable bonds is 4. The van der Waals surface area contributed by atoms with E-state index in [1.807, 2.05) is 0 Å². The molecule has 2 N–H and O–H groups in total. The second-order valence-corrected chi connectivity index (χ2v) is 6.67. The summed E-state index contributed by atoms with van der Waals surface area (Å²) in [6.07, 6.45) is 4.49. The fraction of sp³-hybridized carbons (Fsp3) is 0.643. The zero-order valence-corrected chi connectivity index (χ0v) is 12.6. The number of aromatic nitrogens is 2. The number of aliphatic hydroxyl groups is 1. The average molecular weight is 309 g/mol. The second kappa shape index (κ2) is 6.19. The summed E-state index contributed by atoms with van der Waals surface area (Å²) in [6, 6.07) is 0. The first kappa shape index (κ1) is 14.6. The Morgan fingerprint density at radius 1 is 1.48 bits per heavy atom. The van der Waals surface area contributed by atoms with Crippen LogP contribution >= 0.6 is 11.8 Å². The quantitative estimate of drug-likeness (QED) is 0.791. The molecule has 21 heavy (non-hydrogen) atoms. The van der Waals surface area contributed by atoms with Crippen LogP contribution in [0.2, 0.25) is 0 Å². The van der Waals surface area contributed by atoms with Crippen molar-refractivity contribution in [3.05, 3.63) is 22.1 Å². The molecule has 0 spiro atoms. The van der Waals surface area contributed by atoms with Crippen molar-refractivity contribution in [3.63, 3.8) is 0 Å². The Bertz CT molecular complexity index is 602. The normalized spacial score (nSPS) is 24.0. The summed E-state index contributed by atoms with van der Waals surface area (Å²) in [4.78, 5) is 28.6. The number of nitrogens with zero attached hydrogens (tertiary/aromatic N) is 2. The number of thioether (sulfide) groups is 1. The molecular weight excluding hydrogens is 290 g/mol. The molecule has 1 amide bonds. The molecule has 2 aliphatic rings. The first-order valence-electron chi connectivity index (χ1n) is 7.32. The summed E-state index contributed by atoms with van der Waals surface area (Å²) in [5.74, 6) is 1.04. The van der Waals surface area contributed by atoms with Crippen LogP contribution in [0, 0.1) is 11.8 Å². The highest BCUT2D eigenvalue weighted by Gasteiger charge is 2.27. The molecule has 1 aromatic rings. The maximum atomic E-state index is 12.2. The lowest BCUT2D eigenvalue weighted by Crippen LogP contribution is -2.36. The van der Waals surface area contributed by atoms with Gasteiger partial charge in [-0.05, 0) is 24.7 Å². The summed E-state index contributed by atoms with van der Waals surface area (Å²) in [5.41, 5.74) is -0.146. The second-order valence-electron chi connectivity index (χ2n) is 5.60. The van der Waals surface area contributed by atoms with Crippen LogP contribution < -0.4 is 10.9 Å². The number of amides is 1. The van der Waals surface area contributed by atoms with E-state index in [-0.39, 0.29) is 29.6 Å². The van der Waals surface area contributed by atoms with E-state index < -0.39 is 0 Å². The van der Waals surface area contributed by atoms with Gasteiger partial charge < -0.3 is 10.4 Å². The third-order valence-corrected chi connectivity index (χ3v) is 5.35. The molecule has 0 radical (unpaired) electrons. The number of hydrogen-bond donors (Lipinski definition) is 2. The first-order valence-corrected chi connectivity index (χ1v) is 8.31. The molecule has 1 aliphatic heterocycles. The van der Waals surface area contributed by atoms with E-state index in [1.54, 1.807) is 4.57 Å². The predicted octanol–water partition coefficient (Wildman–Crippen LogP) is 0.487. The number of carbonyl (C=O) groups excluding carboxylic acids is 1. The van der Waals surface area contributed by atoms with E-state index in [1.165, 1.54) is 18.0 Å². The minimum absolute atomic E-state index is 0.111. The lowest BCUT2D eigenvalue weighted by Gasteiger charge is -2.17. The van der Waals surface area contributed by atoms with Crippen LogP contribution in [0.5, 0.6) is 0 Å². The highest BCUT2D eigenvalue weighted by Crippen LogP contribution is 2.30. The zero-order valence-electron chi connectivity index (χ0n) is 11.7. The standard InChI is InChI=1S/C14H19N3O3S/c18-8-10-3-1-2-9(10)6-15-12(19)11-7-16-14-17(13(11)20)4-5-21-14/h7,9-10,18H,1-6,8H2,(H,15,19). The highest BCUT2D eigenvalue weighted by molar-refractivity contribution is 7.99. The largest absolute Gasteiger partial charge is 0.396 e. The number of fused-ring (bicyclic) bond motifs is 1. The molecule has 1 aliphatic carbocycles. The van der Waals surface area contributed by atoms with Crippen molar-refractivity contribution in [1.29, 1.82) is 0 Å². The number of carbonyl (C=O) groups is 1. The molecule has 3 rings (SSSR count). The van der Waals surface area contributed by atoms with Crippen molar-refractivity contribution in [3.8, 4) is 0 Å². The fourth-order valence-corrected chi connectivity index (χ4v) is 4.03. The van der Waals surface area contributed by atoms with Crippen molar-refractivity contribution in [2.45, 2.75) is 31.0 Å². The van der Waals surface area contributed by atoms with Gasteiger partial charge in [-0.1, -0.05) is 18.2 Å². The van der Waals surface area contributed by atoms with Crippen molar-refractivity contribution >= 4 is 17.7 Å². The number of aliphatic hydroxyl groups excluding tert-OH is 1. The molecule has 0 aromatic carbocycles. The van der Waals surface area contributed by atoms with Gasteiger partial charge in [0.25, 0.3) is 11.5 Å². The molecule has 2 unspecified atom stereocenters. The van der Waals surface area contributed by atoms with E-state index in [0.29, 0.717) is 24.2 Å². The minimum atomic E-state index is -0.358. The van der Waals surface area contributed by atoms with Gasteiger partial charge in [0.05, 0.1) is 0 Å². The lowest BCUT2D eigenvalue weighted by atomic mass is 9.97. The van der Waals surface area contributed by atoms with Crippen molar-refractivity contribution in [2.75, 3.05) is 18.9 Å². The van der Waals surface area contributed by atoms with Crippen LogP contribution in [0.3, 0.4) is 0 Å². The van der Waals surface area contributed by atoms with Crippen LogP contribution in [0.4, 0.5) is 0 Å². The summed E-state index contributed by atoms with van der Waals surface area (Å²) in [7, 11) is 0. The molecular formula is C14H19N3O3S. The van der Waals surface area contributed by atoms with Crippen LogP contribution in [-0.2, 0) is 6.54 Å². The van der Waals surface area contributed by atoms with E-state index in [4.69, 9.17) is 0 Å². The summed E-state index contributed by atoms with van der Waals surface area (Å²) in [6.45, 7) is 1.29. The van der Waals surface area contributed by atoms with Crippen LogP contribution in [0.1, 0.15) is 29.6 Å². The number of hydrogen-bond acceptors (Lipinski definition) is 5. The smallest absolute Gasteiger partial charge is 0.267 e. The van der Waals surface area contributed by atoms with Gasteiger partial charge in [-0.2, -0.15) is 0 Å². The third kappa shape index (κ3) is 2.85. The van der Waals surface area contributed by atoms with Crippen LogP contribution in [0.15, 0.2) is 16.1 Å². The maximum Gasteiger partial charge on any atom is 0.267 e. The van der Waals surface area contributed by atoms with Gasteiger partial charge in [0.15, 0.2) is 5.16 Å². The SMILES string of the molecule is O=C(NCC1CCCC1CO)c1cnc2n(c1=O)CCS2. The van der Waals surface area contributed by atoms with Gasteiger partial charge >= 0.3 is 0 Å². The third-order valence-electron chi connectivity index (χ3n) is 4.38. The van der Waals surface area contributed by atoms with Gasteiger partial charge in [-0.25, -0.2) is 4.98 Å². The lowest BCUT2D eigenvalue weighted by molar-refractivity contribution is 0.0935. The Labute approximate surface area is 127 Å². The van der Waals surface area contributed by atoms with Gasteiger partial charge in [-0.15, -0.1) is 0 Å². The Kier molecular flexibility index (Phi) is 4.30. The monoisotopic (exact) mass is 309 g/mol. The summed E-state index contributed by atoms with van der Waals surface area (Å²) in [5, 5.41) is 12.8. The van der Waals surface area contributed by atoms with Gasteiger partial charge in [0.1, 0.15) is 5.56 Å². The van der Waals surface area contributed by atoms with E-state index in [0.717, 1.165) is 25.0 Å². The molecule has 2 heterocycles. The average Bonchev–Trinajstić information content (AvgIpc) is 3.13. The Morgan fingerprint density at radius 3 is 3.10 bits per heavy atom. The zero-order chi connectivity index (χ0) is 14.8. The van der Waals surface area contributed by atoms with Gasteiger partial charge in [0, 0.05) is 31.6 Å². The van der Waals surface area contributed by atoms with Crippen LogP contribution in [-0.4, -0.2) is 39.5 Å². The van der Waals surface area contributed by atoms with E-state index in [9.17, 15) is 14.7 Å². The van der Waals surface area contributed by atoms with Crippen molar-refractivity contribution in [2.24, 2.45) is 11.8 Å². The molecule has 0 saturated heterocycles. The summed E-state index contributed by atoms with van der Waals surface area (Å²) >= 11 is 1.53. The topological polar surface area (TPSA) is 84.2 Å². The molecule has 7 heteroatoms. The summed E-state index contributed by atoms with van der Waals surface area (Å²) < 4.78 is 1.56. The minimum Gasteiger partial charge on any atom is -0.396 e. The Morgan fingerprint density at radius 2 is 2.29 bits per heavy atom. The van der Waals surface area contributed by atoms with Crippen LogP contribution in [0.25, 0.3) is 0 Å². The van der Waals surface area contributed by atoms with Gasteiger partial charge in [0.2, 0.25) is 0 Å². The van der Waals surface area contributed by atoms with Gasteiger partial charge in [-0.3, -0.25) is 14.2 Å². The molecule has 6 nitrogen and oxygen atoms in total. The Hall–Kier alpha value is -1.34. The maximum absolute atomic E-state index is 12.2. The Balaban J connectivity index is 1.68. The molecule has 0 bridgehead atoms. The first-order chi connectivity index (χ1) is 10.2. The molecule has 1 aromatic heterocycles. The molecule has 1 fully saturated rings. The van der Waals surface area contributed by atoms with E-state index in [2.05, 4.69) is 10.3 Å². The molecule has 114 valence electrons.